The van der Waals surface area contributed by atoms with Crippen LogP contribution in [0.5, 0.6) is 0 Å². The summed E-state index contributed by atoms with van der Waals surface area (Å²) in [7, 11) is 0. The van der Waals surface area contributed by atoms with E-state index in [0.717, 1.165) is 8.70 Å². The summed E-state index contributed by atoms with van der Waals surface area (Å²) < 4.78 is 2.11. The quantitative estimate of drug-likeness (QED) is 0.738. The van der Waals surface area contributed by atoms with E-state index in [4.69, 9.17) is 10.2 Å². The van der Waals surface area contributed by atoms with Crippen molar-refractivity contribution in [3.8, 4) is 0 Å². The molecule has 0 aliphatic rings. The first-order valence-corrected chi connectivity index (χ1v) is 12.7. The Morgan fingerprint density at radius 2 is 1.15 bits per heavy atom. The SMILES string of the molecule is O=C(O)c1cccc([As]=[As]c2cccc(C(=O)O)c2)c1. The summed E-state index contributed by atoms with van der Waals surface area (Å²) in [6, 6.07) is 13.9. The molecule has 0 saturated carbocycles. The molecule has 6 heteroatoms. The second kappa shape index (κ2) is 6.78. The molecule has 0 heterocycles. The van der Waals surface area contributed by atoms with Gasteiger partial charge in [0.1, 0.15) is 0 Å². The zero-order valence-electron chi connectivity index (χ0n) is 10.2. The Morgan fingerprint density at radius 1 is 0.750 bits per heavy atom. The maximum atomic E-state index is 10.9. The monoisotopic (exact) mass is 392 g/mol. The van der Waals surface area contributed by atoms with Crippen molar-refractivity contribution in [2.75, 3.05) is 0 Å². The van der Waals surface area contributed by atoms with E-state index in [1.54, 1.807) is 36.4 Å². The minimum atomic E-state index is -0.919. The zero-order chi connectivity index (χ0) is 14.5. The number of aromatic carboxylic acids is 2. The summed E-state index contributed by atoms with van der Waals surface area (Å²) in [6.07, 6.45) is 0. The van der Waals surface area contributed by atoms with E-state index in [9.17, 15) is 9.59 Å². The molecule has 0 bridgehead atoms. The third-order valence-electron chi connectivity index (χ3n) is 2.47. The second-order valence-corrected chi connectivity index (χ2v) is 11.3. The van der Waals surface area contributed by atoms with Gasteiger partial charge >= 0.3 is 126 Å². The van der Waals surface area contributed by atoms with Gasteiger partial charge < -0.3 is 0 Å². The van der Waals surface area contributed by atoms with Gasteiger partial charge in [-0.1, -0.05) is 0 Å². The van der Waals surface area contributed by atoms with Crippen molar-refractivity contribution in [2.24, 2.45) is 0 Å². The molecule has 0 radical (unpaired) electrons. The van der Waals surface area contributed by atoms with Crippen LogP contribution in [0.4, 0.5) is 0 Å². The van der Waals surface area contributed by atoms with E-state index in [1.807, 2.05) is 12.1 Å². The van der Waals surface area contributed by atoms with Crippen molar-refractivity contribution in [3.63, 3.8) is 0 Å². The standard InChI is InChI=1S/C14H10As2O4/c17-13(18)9-3-1-5-11(7-9)15-16-12-6-2-4-10(8-12)14(19)20/h1-8H,(H,17,18)(H,19,20). The van der Waals surface area contributed by atoms with Gasteiger partial charge in [-0.15, -0.1) is 0 Å². The zero-order valence-corrected chi connectivity index (χ0v) is 14.0. The molecule has 0 fully saturated rings. The van der Waals surface area contributed by atoms with Crippen LogP contribution >= 0.6 is 0 Å². The third-order valence-corrected chi connectivity index (χ3v) is 10.9. The molecule has 20 heavy (non-hydrogen) atoms. The first kappa shape index (κ1) is 14.9. The summed E-state index contributed by atoms with van der Waals surface area (Å²) in [5.41, 5.74) is 0.608. The van der Waals surface area contributed by atoms with Crippen molar-refractivity contribution in [1.29, 1.82) is 0 Å². The molecule has 2 aromatic carbocycles. The number of carbonyl (C=O) groups is 2. The maximum absolute atomic E-state index is 10.9. The molecule has 0 amide bonds. The van der Waals surface area contributed by atoms with Crippen LogP contribution in [-0.2, 0) is 0 Å². The van der Waals surface area contributed by atoms with Crippen LogP contribution in [0.15, 0.2) is 48.5 Å². The molecule has 0 aromatic heterocycles. The predicted octanol–water partition coefficient (Wildman–Crippen LogP) is 0.357. The van der Waals surface area contributed by atoms with E-state index >= 15 is 0 Å². The van der Waals surface area contributed by atoms with Crippen LogP contribution in [0, 0.1) is 0 Å². The molecule has 4 nitrogen and oxygen atoms in total. The second-order valence-electron chi connectivity index (χ2n) is 3.91. The molecule has 2 rings (SSSR count). The van der Waals surface area contributed by atoms with Crippen LogP contribution < -0.4 is 8.70 Å². The topological polar surface area (TPSA) is 74.6 Å². The summed E-state index contributed by atoms with van der Waals surface area (Å²) >= 11 is -0.267. The number of hydrogen-bond acceptors (Lipinski definition) is 2. The molecule has 0 saturated heterocycles. The van der Waals surface area contributed by atoms with Gasteiger partial charge in [-0.2, -0.15) is 0 Å². The molecule has 0 aliphatic carbocycles. The Bertz CT molecular complexity index is 636. The number of carboxylic acid groups (broad SMARTS) is 2. The fourth-order valence-electron chi connectivity index (χ4n) is 1.52. The molecule has 0 atom stereocenters. The van der Waals surface area contributed by atoms with Gasteiger partial charge in [-0.3, -0.25) is 0 Å². The molecule has 0 unspecified atom stereocenters. The Morgan fingerprint density at radius 3 is 1.50 bits per heavy atom. The number of rotatable bonds is 4. The fraction of sp³-hybridized carbons (Fsp3) is 0. The molecule has 100 valence electrons. The van der Waals surface area contributed by atoms with Crippen LogP contribution in [0.25, 0.3) is 0 Å². The van der Waals surface area contributed by atoms with Gasteiger partial charge in [0.05, 0.1) is 0 Å². The molecular weight excluding hydrogens is 382 g/mol. The summed E-state index contributed by atoms with van der Waals surface area (Å²) in [5.74, 6) is -1.84. The van der Waals surface area contributed by atoms with E-state index in [0.29, 0.717) is 11.1 Å². The minimum absolute atomic E-state index is 0.134. The molecule has 0 aliphatic heterocycles. The van der Waals surface area contributed by atoms with Gasteiger partial charge in [0.25, 0.3) is 0 Å². The van der Waals surface area contributed by atoms with Gasteiger partial charge in [0.15, 0.2) is 0 Å². The van der Waals surface area contributed by atoms with E-state index in [-0.39, 0.29) is 26.3 Å². The summed E-state index contributed by atoms with van der Waals surface area (Å²) in [4.78, 5) is 21.8. The number of carboxylic acids is 2. The predicted molar refractivity (Wildman–Crippen MR) is 77.6 cm³/mol. The van der Waals surface area contributed by atoms with Gasteiger partial charge in [0.2, 0.25) is 0 Å². The molecular formula is C14H10As2O4. The van der Waals surface area contributed by atoms with Crippen LogP contribution in [0.1, 0.15) is 20.7 Å². The average molecular weight is 392 g/mol. The van der Waals surface area contributed by atoms with Gasteiger partial charge in [-0.05, 0) is 0 Å². The Balaban J connectivity index is 2.25. The normalized spacial score (nSPS) is 10.6. The number of benzene rings is 2. The van der Waals surface area contributed by atoms with E-state index in [1.165, 1.54) is 0 Å². The summed E-state index contributed by atoms with van der Waals surface area (Å²) in [5, 5.41) is 17.9. The average Bonchev–Trinajstić information content (AvgIpc) is 2.45. The molecule has 0 spiro atoms. The van der Waals surface area contributed by atoms with Crippen molar-refractivity contribution in [1.82, 2.24) is 0 Å². The summed E-state index contributed by atoms with van der Waals surface area (Å²) in [6.45, 7) is 0. The van der Waals surface area contributed by atoms with Crippen molar-refractivity contribution < 1.29 is 19.8 Å². The van der Waals surface area contributed by atoms with Crippen LogP contribution in [0.2, 0.25) is 0 Å². The van der Waals surface area contributed by atoms with Crippen molar-refractivity contribution in [2.45, 2.75) is 0 Å². The van der Waals surface area contributed by atoms with Crippen molar-refractivity contribution >= 4 is 46.9 Å². The fourth-order valence-corrected chi connectivity index (χ4v) is 8.70. The van der Waals surface area contributed by atoms with Gasteiger partial charge in [-0.25, -0.2) is 0 Å². The third kappa shape index (κ3) is 3.99. The molecule has 2 aromatic rings. The van der Waals surface area contributed by atoms with Crippen LogP contribution in [0.3, 0.4) is 0 Å². The van der Waals surface area contributed by atoms with E-state index in [2.05, 4.69) is 0 Å². The van der Waals surface area contributed by atoms with E-state index < -0.39 is 11.9 Å². The molecule has 2 N–H and O–H groups in total. The number of hydrogen-bond donors (Lipinski definition) is 2. The Labute approximate surface area is 126 Å². The van der Waals surface area contributed by atoms with Crippen LogP contribution in [-0.4, -0.2) is 48.4 Å². The first-order valence-electron chi connectivity index (χ1n) is 5.65. The first-order chi connectivity index (χ1) is 9.56. The Hall–Kier alpha value is -1.50. The Kier molecular flexibility index (Phi) is 5.05. The van der Waals surface area contributed by atoms with Crippen molar-refractivity contribution in [3.05, 3.63) is 59.7 Å². The van der Waals surface area contributed by atoms with Gasteiger partial charge in [0, 0.05) is 0 Å².